The molecule has 0 saturated heterocycles. The zero-order valence-corrected chi connectivity index (χ0v) is 17.0. The fourth-order valence-corrected chi connectivity index (χ4v) is 3.23. The van der Waals surface area contributed by atoms with E-state index in [2.05, 4.69) is 5.32 Å². The molecule has 0 radical (unpaired) electrons. The van der Waals surface area contributed by atoms with E-state index in [4.69, 9.17) is 27.9 Å². The number of hydrogen-bond donors (Lipinski definition) is 1. The van der Waals surface area contributed by atoms with Crippen LogP contribution in [0.2, 0.25) is 10.0 Å². The maximum absolute atomic E-state index is 11.8. The Kier molecular flexibility index (Phi) is 6.96. The van der Waals surface area contributed by atoms with E-state index in [1.807, 2.05) is 60.7 Å². The molecule has 0 unspecified atom stereocenters. The van der Waals surface area contributed by atoms with Crippen molar-refractivity contribution in [2.45, 2.75) is 12.8 Å². The average Bonchev–Trinajstić information content (AvgIpc) is 2.71. The third-order valence-electron chi connectivity index (χ3n) is 4.45. The van der Waals surface area contributed by atoms with Gasteiger partial charge in [0.05, 0.1) is 12.2 Å². The molecule has 5 heteroatoms. The van der Waals surface area contributed by atoms with E-state index in [0.717, 1.165) is 16.8 Å². The van der Waals surface area contributed by atoms with Gasteiger partial charge in [-0.15, -0.1) is 0 Å². The van der Waals surface area contributed by atoms with Crippen molar-refractivity contribution in [3.8, 4) is 0 Å². The normalized spacial score (nSPS) is 10.7. The molecule has 0 spiro atoms. The summed E-state index contributed by atoms with van der Waals surface area (Å²) in [6.45, 7) is 2.84. The van der Waals surface area contributed by atoms with Crippen LogP contribution in [0.15, 0.2) is 72.8 Å². The van der Waals surface area contributed by atoms with Crippen molar-refractivity contribution < 1.29 is 9.53 Å². The first kappa shape index (κ1) is 20.2. The molecule has 1 N–H and O–H groups in total. The van der Waals surface area contributed by atoms with Gasteiger partial charge in [-0.2, -0.15) is 0 Å². The molecule has 0 heterocycles. The second-order valence-electron chi connectivity index (χ2n) is 6.33. The minimum atomic E-state index is -0.311. The molecule has 3 aromatic carbocycles. The number of benzene rings is 3. The highest BCUT2D eigenvalue weighted by atomic mass is 35.5. The number of ether oxygens (including phenoxy) is 1. The Labute approximate surface area is 175 Å². The van der Waals surface area contributed by atoms with Crippen molar-refractivity contribution in [3.63, 3.8) is 0 Å². The van der Waals surface area contributed by atoms with Crippen molar-refractivity contribution in [1.29, 1.82) is 0 Å². The summed E-state index contributed by atoms with van der Waals surface area (Å²) < 4.78 is 5.02. The smallest absolute Gasteiger partial charge is 0.338 e. The van der Waals surface area contributed by atoms with Gasteiger partial charge in [-0.1, -0.05) is 47.5 Å². The van der Waals surface area contributed by atoms with Crippen LogP contribution < -0.4 is 5.32 Å². The van der Waals surface area contributed by atoms with Gasteiger partial charge < -0.3 is 10.1 Å². The fraction of sp³-hybridized carbons (Fsp3) is 0.174. The van der Waals surface area contributed by atoms with E-state index in [1.165, 1.54) is 0 Å². The molecule has 0 amide bonds. The maximum Gasteiger partial charge on any atom is 0.338 e. The summed E-state index contributed by atoms with van der Waals surface area (Å²) in [6, 6.07) is 23.0. The summed E-state index contributed by atoms with van der Waals surface area (Å²) in [5, 5.41) is 4.87. The summed E-state index contributed by atoms with van der Waals surface area (Å²) in [7, 11) is 0. The van der Waals surface area contributed by atoms with Crippen molar-refractivity contribution in [3.05, 3.63) is 99.5 Å². The third kappa shape index (κ3) is 5.28. The summed E-state index contributed by atoms with van der Waals surface area (Å²) in [6.07, 6.45) is 0. The fourth-order valence-electron chi connectivity index (χ4n) is 2.98. The summed E-state index contributed by atoms with van der Waals surface area (Å²) >= 11 is 12.1. The number of rotatable bonds is 7. The molecule has 144 valence electrons. The van der Waals surface area contributed by atoms with Crippen LogP contribution in [0.5, 0.6) is 0 Å². The Bertz CT molecular complexity index is 861. The Hall–Kier alpha value is -2.49. The van der Waals surface area contributed by atoms with Crippen molar-refractivity contribution >= 4 is 34.9 Å². The van der Waals surface area contributed by atoms with Gasteiger partial charge in [-0.3, -0.25) is 0 Å². The van der Waals surface area contributed by atoms with Gasteiger partial charge in [0.1, 0.15) is 0 Å². The number of halogens is 2. The predicted molar refractivity (Wildman–Crippen MR) is 116 cm³/mol. The van der Waals surface area contributed by atoms with E-state index >= 15 is 0 Å². The molecule has 0 fully saturated rings. The quantitative estimate of drug-likeness (QED) is 0.454. The van der Waals surface area contributed by atoms with Crippen molar-refractivity contribution in [1.82, 2.24) is 0 Å². The lowest BCUT2D eigenvalue weighted by Crippen LogP contribution is -2.14. The molecular formula is C23H21Cl2NO2. The zero-order chi connectivity index (χ0) is 19.9. The second-order valence-corrected chi connectivity index (χ2v) is 7.21. The summed E-state index contributed by atoms with van der Waals surface area (Å²) in [5.74, 6) is -0.187. The SMILES string of the molecule is CCOC(=O)c1ccc(NCC(c2ccc(Cl)cc2)c2ccc(Cl)cc2)cc1. The molecule has 0 aromatic heterocycles. The molecule has 3 nitrogen and oxygen atoms in total. The van der Waals surface area contributed by atoms with Crippen LogP contribution >= 0.6 is 23.2 Å². The predicted octanol–water partition coefficient (Wildman–Crippen LogP) is 6.41. The lowest BCUT2D eigenvalue weighted by Gasteiger charge is -2.20. The highest BCUT2D eigenvalue weighted by molar-refractivity contribution is 6.30. The summed E-state index contributed by atoms with van der Waals surface area (Å²) in [5.41, 5.74) is 3.78. The number of carbonyl (C=O) groups excluding carboxylic acids is 1. The van der Waals surface area contributed by atoms with Crippen LogP contribution in [0, 0.1) is 0 Å². The molecule has 0 atom stereocenters. The van der Waals surface area contributed by atoms with E-state index < -0.39 is 0 Å². The summed E-state index contributed by atoms with van der Waals surface area (Å²) in [4.78, 5) is 11.8. The van der Waals surface area contributed by atoms with Gasteiger partial charge >= 0.3 is 5.97 Å². The lowest BCUT2D eigenvalue weighted by molar-refractivity contribution is 0.0526. The van der Waals surface area contributed by atoms with E-state index in [1.54, 1.807) is 19.1 Å². The molecule has 0 bridgehead atoms. The van der Waals surface area contributed by atoms with Crippen LogP contribution in [-0.2, 0) is 4.74 Å². The molecule has 0 aliphatic carbocycles. The highest BCUT2D eigenvalue weighted by Crippen LogP contribution is 2.27. The van der Waals surface area contributed by atoms with Crippen molar-refractivity contribution in [2.24, 2.45) is 0 Å². The van der Waals surface area contributed by atoms with Crippen LogP contribution in [0.4, 0.5) is 5.69 Å². The zero-order valence-electron chi connectivity index (χ0n) is 15.5. The second kappa shape index (κ2) is 9.63. The van der Waals surface area contributed by atoms with E-state index in [9.17, 15) is 4.79 Å². The minimum Gasteiger partial charge on any atom is -0.462 e. The Balaban J connectivity index is 1.77. The van der Waals surface area contributed by atoms with Gasteiger partial charge in [0.15, 0.2) is 0 Å². The minimum absolute atomic E-state index is 0.124. The van der Waals surface area contributed by atoms with Gasteiger partial charge in [0.2, 0.25) is 0 Å². The van der Waals surface area contributed by atoms with Crippen LogP contribution in [-0.4, -0.2) is 19.1 Å². The van der Waals surface area contributed by atoms with Crippen molar-refractivity contribution in [2.75, 3.05) is 18.5 Å². The topological polar surface area (TPSA) is 38.3 Å². The standard InChI is InChI=1S/C23H21Cl2NO2/c1-2-28-23(27)18-7-13-21(14-8-18)26-15-22(16-3-9-19(24)10-4-16)17-5-11-20(25)12-6-17/h3-14,22,26H,2,15H2,1H3. The monoisotopic (exact) mass is 413 g/mol. The van der Waals surface area contributed by atoms with E-state index in [0.29, 0.717) is 28.8 Å². The Morgan fingerprint density at radius 2 is 1.36 bits per heavy atom. The first-order valence-corrected chi connectivity index (χ1v) is 9.84. The van der Waals surface area contributed by atoms with Gasteiger partial charge in [0.25, 0.3) is 0 Å². The molecule has 0 saturated carbocycles. The number of hydrogen-bond acceptors (Lipinski definition) is 3. The third-order valence-corrected chi connectivity index (χ3v) is 4.96. The van der Waals surface area contributed by atoms with Crippen LogP contribution in [0.25, 0.3) is 0 Å². The number of nitrogens with one attached hydrogen (secondary N) is 1. The van der Waals surface area contributed by atoms with Gasteiger partial charge in [-0.05, 0) is 66.6 Å². The molecule has 3 rings (SSSR count). The number of anilines is 1. The Morgan fingerprint density at radius 3 is 1.82 bits per heavy atom. The first-order chi connectivity index (χ1) is 13.6. The highest BCUT2D eigenvalue weighted by Gasteiger charge is 2.15. The Morgan fingerprint density at radius 1 is 0.857 bits per heavy atom. The lowest BCUT2D eigenvalue weighted by atomic mass is 9.91. The molecule has 28 heavy (non-hydrogen) atoms. The number of esters is 1. The van der Waals surface area contributed by atoms with Crippen LogP contribution in [0.1, 0.15) is 34.3 Å². The van der Waals surface area contributed by atoms with Gasteiger partial charge in [0, 0.05) is 28.2 Å². The number of carbonyl (C=O) groups is 1. The molecule has 0 aliphatic heterocycles. The largest absolute Gasteiger partial charge is 0.462 e. The molecular weight excluding hydrogens is 393 g/mol. The maximum atomic E-state index is 11.8. The van der Waals surface area contributed by atoms with Crippen LogP contribution in [0.3, 0.4) is 0 Å². The van der Waals surface area contributed by atoms with E-state index in [-0.39, 0.29) is 11.9 Å². The average molecular weight is 414 g/mol. The molecule has 3 aromatic rings. The first-order valence-electron chi connectivity index (χ1n) is 9.09. The van der Waals surface area contributed by atoms with Gasteiger partial charge in [-0.25, -0.2) is 4.79 Å². The molecule has 0 aliphatic rings.